The van der Waals surface area contributed by atoms with Crippen LogP contribution in [0.5, 0.6) is 5.75 Å². The third-order valence-corrected chi connectivity index (χ3v) is 1.51. The minimum absolute atomic E-state index is 0.214. The molecule has 0 saturated carbocycles. The van der Waals surface area contributed by atoms with Gasteiger partial charge in [-0.05, 0) is 0 Å². The molecule has 0 fully saturated rings. The van der Waals surface area contributed by atoms with Crippen molar-refractivity contribution in [2.24, 2.45) is 0 Å². The molecule has 1 aromatic heterocycles. The van der Waals surface area contributed by atoms with Crippen molar-refractivity contribution >= 4 is 5.69 Å². The first kappa shape index (κ1) is 9.63. The highest BCUT2D eigenvalue weighted by atomic mass is 19.3. The molecule has 3 nitrogen and oxygen atoms in total. The molecule has 1 heterocycles. The van der Waals surface area contributed by atoms with Crippen LogP contribution in [0, 0.1) is 5.95 Å². The molecular weight excluding hydrogens is 185 g/mol. The van der Waals surface area contributed by atoms with Gasteiger partial charge in [-0.25, -0.2) is 13.8 Å². The van der Waals surface area contributed by atoms with Crippen molar-refractivity contribution in [3.63, 3.8) is 0 Å². The first-order valence-corrected chi connectivity index (χ1v) is 3.34. The lowest BCUT2D eigenvalue weighted by molar-refractivity contribution is 0.147. The van der Waals surface area contributed by atoms with Crippen molar-refractivity contribution in [2.75, 3.05) is 12.8 Å². The zero-order chi connectivity index (χ0) is 10.0. The summed E-state index contributed by atoms with van der Waals surface area (Å²) in [6.45, 7) is 0. The zero-order valence-electron chi connectivity index (χ0n) is 6.72. The molecule has 0 saturated heterocycles. The van der Waals surface area contributed by atoms with E-state index in [-0.39, 0.29) is 5.75 Å². The topological polar surface area (TPSA) is 48.1 Å². The molecule has 0 aliphatic heterocycles. The number of anilines is 1. The monoisotopic (exact) mass is 192 g/mol. The van der Waals surface area contributed by atoms with Crippen LogP contribution in [-0.2, 0) is 0 Å². The number of rotatable bonds is 2. The van der Waals surface area contributed by atoms with E-state index in [1.54, 1.807) is 0 Å². The lowest BCUT2D eigenvalue weighted by Crippen LogP contribution is -2.03. The van der Waals surface area contributed by atoms with Crippen LogP contribution in [-0.4, -0.2) is 12.1 Å². The maximum atomic E-state index is 12.6. The van der Waals surface area contributed by atoms with Gasteiger partial charge >= 0.3 is 0 Å². The van der Waals surface area contributed by atoms with E-state index >= 15 is 0 Å². The Morgan fingerprint density at radius 3 is 2.62 bits per heavy atom. The number of methoxy groups -OCH3 is 1. The van der Waals surface area contributed by atoms with E-state index in [9.17, 15) is 13.2 Å². The number of pyridine rings is 1. The maximum Gasteiger partial charge on any atom is 0.269 e. The van der Waals surface area contributed by atoms with Crippen LogP contribution in [0.1, 0.15) is 12.0 Å². The van der Waals surface area contributed by atoms with Crippen molar-refractivity contribution < 1.29 is 17.9 Å². The highest BCUT2D eigenvalue weighted by molar-refractivity contribution is 5.53. The number of aromatic nitrogens is 1. The summed E-state index contributed by atoms with van der Waals surface area (Å²) >= 11 is 0. The number of halogens is 3. The highest BCUT2D eigenvalue weighted by Crippen LogP contribution is 2.33. The van der Waals surface area contributed by atoms with Crippen LogP contribution in [0.25, 0.3) is 0 Å². The Bertz CT molecular complexity index is 317. The summed E-state index contributed by atoms with van der Waals surface area (Å²) in [5.74, 6) is -1.33. The Labute approximate surface area is 72.3 Å². The fraction of sp³-hybridized carbons (Fsp3) is 0.286. The number of nitrogens with zero attached hydrogens (tertiary/aromatic N) is 1. The minimum Gasteiger partial charge on any atom is -0.495 e. The van der Waals surface area contributed by atoms with Crippen molar-refractivity contribution in [3.05, 3.63) is 17.7 Å². The lowest BCUT2D eigenvalue weighted by atomic mass is 10.2. The molecule has 0 aromatic carbocycles. The predicted molar refractivity (Wildman–Crippen MR) is 40.1 cm³/mol. The number of nitrogens with two attached hydrogens (primary N) is 1. The second kappa shape index (κ2) is 3.51. The van der Waals surface area contributed by atoms with Gasteiger partial charge in [-0.15, -0.1) is 0 Å². The van der Waals surface area contributed by atoms with E-state index < -0.39 is 23.6 Å². The third-order valence-electron chi connectivity index (χ3n) is 1.51. The predicted octanol–water partition coefficient (Wildman–Crippen LogP) is 1.75. The third kappa shape index (κ3) is 1.66. The number of ether oxygens (including phenoxy) is 1. The number of nitrogen functional groups attached to an aromatic ring is 1. The van der Waals surface area contributed by atoms with Crippen LogP contribution in [0.2, 0.25) is 0 Å². The summed E-state index contributed by atoms with van der Waals surface area (Å²) in [6, 6.07) is 0. The molecule has 0 amide bonds. The van der Waals surface area contributed by atoms with Crippen LogP contribution < -0.4 is 10.5 Å². The smallest absolute Gasteiger partial charge is 0.269 e. The Morgan fingerprint density at radius 1 is 1.54 bits per heavy atom. The Kier molecular flexibility index (Phi) is 2.60. The number of hydrogen-bond acceptors (Lipinski definition) is 3. The Balaban J connectivity index is 3.32. The van der Waals surface area contributed by atoms with E-state index in [1.807, 2.05) is 0 Å². The second-order valence-electron chi connectivity index (χ2n) is 2.25. The van der Waals surface area contributed by atoms with Crippen LogP contribution in [0.4, 0.5) is 18.9 Å². The van der Waals surface area contributed by atoms with Crippen molar-refractivity contribution in [3.8, 4) is 5.75 Å². The van der Waals surface area contributed by atoms with E-state index in [0.29, 0.717) is 0 Å². The van der Waals surface area contributed by atoms with E-state index in [2.05, 4.69) is 9.72 Å². The molecule has 13 heavy (non-hydrogen) atoms. The first-order chi connectivity index (χ1) is 6.07. The van der Waals surface area contributed by atoms with Gasteiger partial charge in [-0.2, -0.15) is 4.39 Å². The SMILES string of the molecule is COc1cnc(F)c(N)c1C(F)F. The van der Waals surface area contributed by atoms with Crippen LogP contribution in [0.3, 0.4) is 0 Å². The molecule has 0 unspecified atom stereocenters. The number of hydrogen-bond donors (Lipinski definition) is 1. The molecule has 72 valence electrons. The summed E-state index contributed by atoms with van der Waals surface area (Å²) in [6.07, 6.45) is -2.01. The van der Waals surface area contributed by atoms with Gasteiger partial charge in [0.15, 0.2) is 0 Å². The summed E-state index contributed by atoms with van der Waals surface area (Å²) in [7, 11) is 1.18. The zero-order valence-corrected chi connectivity index (χ0v) is 6.72. The Hall–Kier alpha value is -1.46. The van der Waals surface area contributed by atoms with Gasteiger partial charge in [-0.1, -0.05) is 0 Å². The molecule has 1 rings (SSSR count). The maximum absolute atomic E-state index is 12.6. The lowest BCUT2D eigenvalue weighted by Gasteiger charge is -2.09. The molecule has 0 aliphatic carbocycles. The van der Waals surface area contributed by atoms with E-state index in [0.717, 1.165) is 6.20 Å². The summed E-state index contributed by atoms with van der Waals surface area (Å²) < 4.78 is 41.8. The second-order valence-corrected chi connectivity index (χ2v) is 2.25. The van der Waals surface area contributed by atoms with Gasteiger partial charge in [0, 0.05) is 0 Å². The van der Waals surface area contributed by atoms with E-state index in [4.69, 9.17) is 5.73 Å². The molecule has 0 bridgehead atoms. The first-order valence-electron chi connectivity index (χ1n) is 3.34. The van der Waals surface area contributed by atoms with Crippen LogP contribution >= 0.6 is 0 Å². The molecule has 6 heteroatoms. The van der Waals surface area contributed by atoms with Crippen LogP contribution in [0.15, 0.2) is 6.20 Å². The van der Waals surface area contributed by atoms with Crippen molar-refractivity contribution in [1.82, 2.24) is 4.98 Å². The fourth-order valence-electron chi connectivity index (χ4n) is 0.886. The Morgan fingerprint density at radius 2 is 2.15 bits per heavy atom. The number of alkyl halides is 2. The summed E-state index contributed by atoms with van der Waals surface area (Å²) in [4.78, 5) is 3.14. The van der Waals surface area contributed by atoms with Gasteiger partial charge in [0.05, 0.1) is 18.9 Å². The summed E-state index contributed by atoms with van der Waals surface area (Å²) in [5.41, 5.74) is 3.73. The molecular formula is C7H7F3N2O. The summed E-state index contributed by atoms with van der Waals surface area (Å²) in [5, 5.41) is 0. The molecule has 0 aliphatic rings. The van der Waals surface area contributed by atoms with Gasteiger partial charge in [0.2, 0.25) is 5.95 Å². The molecule has 0 spiro atoms. The molecule has 0 radical (unpaired) electrons. The highest BCUT2D eigenvalue weighted by Gasteiger charge is 2.20. The van der Waals surface area contributed by atoms with Gasteiger partial charge in [0.25, 0.3) is 6.43 Å². The van der Waals surface area contributed by atoms with Crippen molar-refractivity contribution in [2.45, 2.75) is 6.43 Å². The quantitative estimate of drug-likeness (QED) is 0.726. The molecule has 0 atom stereocenters. The largest absolute Gasteiger partial charge is 0.495 e. The van der Waals surface area contributed by atoms with E-state index in [1.165, 1.54) is 7.11 Å². The van der Waals surface area contributed by atoms with Gasteiger partial charge < -0.3 is 10.5 Å². The standard InChI is InChI=1S/C7H7F3N2O/c1-13-3-2-12-7(10)5(11)4(3)6(8)9/h2,6H,11H2,1H3. The van der Waals surface area contributed by atoms with Crippen molar-refractivity contribution in [1.29, 1.82) is 0 Å². The van der Waals surface area contributed by atoms with Gasteiger partial charge in [0.1, 0.15) is 11.4 Å². The minimum atomic E-state index is -2.88. The molecule has 2 N–H and O–H groups in total. The average Bonchev–Trinajstić information content (AvgIpc) is 2.08. The average molecular weight is 192 g/mol. The normalized spacial score (nSPS) is 10.5. The van der Waals surface area contributed by atoms with Gasteiger partial charge in [-0.3, -0.25) is 0 Å². The molecule has 1 aromatic rings. The fourth-order valence-corrected chi connectivity index (χ4v) is 0.886.